The second-order valence-corrected chi connectivity index (χ2v) is 10.1. The Balaban J connectivity index is 1.42. The molecule has 0 aliphatic heterocycles. The molecule has 4 heteroatoms. The second-order valence-electron chi connectivity index (χ2n) is 10.1. The lowest BCUT2D eigenvalue weighted by molar-refractivity contribution is 1.22. The van der Waals surface area contributed by atoms with Crippen LogP contribution in [0.1, 0.15) is 0 Å². The molecule has 0 atom stereocenters. The summed E-state index contributed by atoms with van der Waals surface area (Å²) < 4.78 is 2.26. The lowest BCUT2D eigenvalue weighted by Gasteiger charge is -2.12. The molecule has 0 fully saturated rings. The van der Waals surface area contributed by atoms with Crippen LogP contribution in [0.15, 0.2) is 146 Å². The van der Waals surface area contributed by atoms with Gasteiger partial charge in [0.1, 0.15) is 17.0 Å². The Morgan fingerprint density at radius 1 is 0.439 bits per heavy atom. The molecule has 4 aromatic carbocycles. The largest absolute Gasteiger partial charge is 0.290 e. The fraction of sp³-hybridized carbons (Fsp3) is 0. The summed E-state index contributed by atoms with van der Waals surface area (Å²) in [5.74, 6) is 0. The SMILES string of the molecule is c1ccc(-c2ccc(-c3ccc4c5ccccc5n5c(-c6ccccn6)c(-c6ccccn6)nc5c4c3)cc2)cc1. The van der Waals surface area contributed by atoms with E-state index in [1.54, 1.807) is 0 Å². The van der Waals surface area contributed by atoms with Gasteiger partial charge in [-0.2, -0.15) is 0 Å². The molecule has 0 saturated carbocycles. The van der Waals surface area contributed by atoms with Crippen molar-refractivity contribution in [1.29, 1.82) is 0 Å². The molecule has 4 nitrogen and oxygen atoms in total. The molecule has 0 unspecified atom stereocenters. The minimum Gasteiger partial charge on any atom is -0.290 e. The average molecular weight is 525 g/mol. The Bertz CT molecular complexity index is 2170. The van der Waals surface area contributed by atoms with Crippen LogP contribution in [0.25, 0.3) is 72.4 Å². The first-order chi connectivity index (χ1) is 20.3. The standard InChI is InChI=1S/C37H24N4/c1-2-10-25(11-3-1)26-16-18-27(19-17-26)28-20-21-29-30-12-4-5-15-34(30)41-36(33-14-7-9-23-39-33)35(32-13-6-8-22-38-32)40-37(41)31(29)24-28/h1-24H. The Labute approximate surface area is 237 Å². The third kappa shape index (κ3) is 3.88. The lowest BCUT2D eigenvalue weighted by atomic mass is 9.97. The average Bonchev–Trinajstić information content (AvgIpc) is 3.47. The van der Waals surface area contributed by atoms with Gasteiger partial charge in [0.2, 0.25) is 0 Å². The Morgan fingerprint density at radius 2 is 1.05 bits per heavy atom. The molecule has 0 aliphatic carbocycles. The number of aromatic nitrogens is 4. The van der Waals surface area contributed by atoms with Gasteiger partial charge in [0.25, 0.3) is 0 Å². The van der Waals surface area contributed by atoms with E-state index in [0.29, 0.717) is 0 Å². The number of hydrogen-bond acceptors (Lipinski definition) is 3. The van der Waals surface area contributed by atoms with Gasteiger partial charge >= 0.3 is 0 Å². The molecule has 0 aliphatic rings. The molecule has 8 rings (SSSR count). The van der Waals surface area contributed by atoms with Gasteiger partial charge < -0.3 is 0 Å². The molecule has 0 N–H and O–H groups in total. The van der Waals surface area contributed by atoms with Crippen LogP contribution in [0.2, 0.25) is 0 Å². The molecule has 0 saturated heterocycles. The summed E-state index contributed by atoms with van der Waals surface area (Å²) in [6, 6.07) is 46.5. The third-order valence-corrected chi connectivity index (χ3v) is 7.71. The van der Waals surface area contributed by atoms with Crippen LogP contribution in [0.4, 0.5) is 0 Å². The predicted molar refractivity (Wildman–Crippen MR) is 168 cm³/mol. The van der Waals surface area contributed by atoms with Crippen molar-refractivity contribution in [2.75, 3.05) is 0 Å². The maximum Gasteiger partial charge on any atom is 0.146 e. The normalized spacial score (nSPS) is 11.4. The highest BCUT2D eigenvalue weighted by Gasteiger charge is 2.22. The quantitative estimate of drug-likeness (QED) is 0.216. The Kier molecular flexibility index (Phi) is 5.42. The van der Waals surface area contributed by atoms with Crippen molar-refractivity contribution in [1.82, 2.24) is 19.4 Å². The van der Waals surface area contributed by atoms with E-state index in [1.165, 1.54) is 27.5 Å². The van der Waals surface area contributed by atoms with Crippen LogP contribution in [0, 0.1) is 0 Å². The molecule has 8 aromatic rings. The van der Waals surface area contributed by atoms with E-state index in [4.69, 9.17) is 9.97 Å². The van der Waals surface area contributed by atoms with E-state index in [-0.39, 0.29) is 0 Å². The number of para-hydroxylation sites is 1. The minimum absolute atomic E-state index is 0.819. The summed E-state index contributed by atoms with van der Waals surface area (Å²) in [7, 11) is 0. The van der Waals surface area contributed by atoms with Crippen LogP contribution in [0.3, 0.4) is 0 Å². The molecule has 0 bridgehead atoms. The van der Waals surface area contributed by atoms with Crippen molar-refractivity contribution in [2.45, 2.75) is 0 Å². The maximum atomic E-state index is 5.29. The van der Waals surface area contributed by atoms with Crippen LogP contribution >= 0.6 is 0 Å². The first kappa shape index (κ1) is 23.3. The second kappa shape index (κ2) is 9.54. The summed E-state index contributed by atoms with van der Waals surface area (Å²) >= 11 is 0. The van der Waals surface area contributed by atoms with E-state index < -0.39 is 0 Å². The summed E-state index contributed by atoms with van der Waals surface area (Å²) in [5, 5.41) is 3.43. The zero-order chi connectivity index (χ0) is 27.2. The molecule has 0 radical (unpaired) electrons. The molecule has 4 aromatic heterocycles. The van der Waals surface area contributed by atoms with Crippen molar-refractivity contribution >= 4 is 27.3 Å². The molecule has 0 amide bonds. The van der Waals surface area contributed by atoms with Crippen molar-refractivity contribution < 1.29 is 0 Å². The van der Waals surface area contributed by atoms with Crippen LogP contribution in [-0.2, 0) is 0 Å². The molecule has 4 heterocycles. The number of nitrogens with zero attached hydrogens (tertiary/aromatic N) is 4. The fourth-order valence-electron chi connectivity index (χ4n) is 5.78. The molecule has 41 heavy (non-hydrogen) atoms. The van der Waals surface area contributed by atoms with E-state index in [9.17, 15) is 0 Å². The molecular weight excluding hydrogens is 500 g/mol. The van der Waals surface area contributed by atoms with E-state index in [1.807, 2.05) is 54.9 Å². The van der Waals surface area contributed by atoms with E-state index >= 15 is 0 Å². The third-order valence-electron chi connectivity index (χ3n) is 7.71. The number of pyridine rings is 3. The van der Waals surface area contributed by atoms with Gasteiger partial charge in [0, 0.05) is 23.2 Å². The first-order valence-electron chi connectivity index (χ1n) is 13.7. The van der Waals surface area contributed by atoms with Gasteiger partial charge in [0.05, 0.1) is 16.9 Å². The van der Waals surface area contributed by atoms with Gasteiger partial charge in [-0.3, -0.25) is 14.4 Å². The highest BCUT2D eigenvalue weighted by atomic mass is 15.1. The maximum absolute atomic E-state index is 5.29. The fourth-order valence-corrected chi connectivity index (χ4v) is 5.78. The highest BCUT2D eigenvalue weighted by molar-refractivity contribution is 6.14. The number of imidazole rings is 1. The minimum atomic E-state index is 0.819. The van der Waals surface area contributed by atoms with Crippen molar-refractivity contribution in [3.05, 3.63) is 146 Å². The zero-order valence-electron chi connectivity index (χ0n) is 22.1. The Hall–Kier alpha value is -5.61. The van der Waals surface area contributed by atoms with Gasteiger partial charge in [-0.15, -0.1) is 0 Å². The molecule has 192 valence electrons. The van der Waals surface area contributed by atoms with Gasteiger partial charge in [-0.1, -0.05) is 97.1 Å². The molecule has 0 spiro atoms. The van der Waals surface area contributed by atoms with Crippen molar-refractivity contribution in [3.8, 4) is 45.0 Å². The summed E-state index contributed by atoms with van der Waals surface area (Å²) in [6.07, 6.45) is 3.65. The van der Waals surface area contributed by atoms with Crippen LogP contribution in [-0.4, -0.2) is 19.4 Å². The van der Waals surface area contributed by atoms with E-state index in [2.05, 4.69) is 100 Å². The summed E-state index contributed by atoms with van der Waals surface area (Å²) in [4.78, 5) is 14.7. The number of rotatable bonds is 4. The smallest absolute Gasteiger partial charge is 0.146 e. The van der Waals surface area contributed by atoms with Crippen molar-refractivity contribution in [2.24, 2.45) is 0 Å². The summed E-state index contributed by atoms with van der Waals surface area (Å²) in [6.45, 7) is 0. The van der Waals surface area contributed by atoms with Crippen LogP contribution < -0.4 is 0 Å². The first-order valence-corrected chi connectivity index (χ1v) is 13.7. The predicted octanol–water partition coefficient (Wildman–Crippen LogP) is 9.10. The zero-order valence-corrected chi connectivity index (χ0v) is 22.1. The molecular formula is C37H24N4. The van der Waals surface area contributed by atoms with Crippen LogP contribution in [0.5, 0.6) is 0 Å². The number of benzene rings is 4. The van der Waals surface area contributed by atoms with Gasteiger partial charge in [-0.05, 0) is 64.0 Å². The summed E-state index contributed by atoms with van der Waals surface area (Å²) in [5.41, 5.74) is 10.2. The van der Waals surface area contributed by atoms with E-state index in [0.717, 1.165) is 44.9 Å². The number of fused-ring (bicyclic) bond motifs is 6. The van der Waals surface area contributed by atoms with Crippen molar-refractivity contribution in [3.63, 3.8) is 0 Å². The van der Waals surface area contributed by atoms with Gasteiger partial charge in [0.15, 0.2) is 0 Å². The monoisotopic (exact) mass is 524 g/mol. The number of hydrogen-bond donors (Lipinski definition) is 0. The highest BCUT2D eigenvalue weighted by Crippen LogP contribution is 2.39. The topological polar surface area (TPSA) is 43.1 Å². The lowest BCUT2D eigenvalue weighted by Crippen LogP contribution is -1.96. The Morgan fingerprint density at radius 3 is 1.78 bits per heavy atom. The van der Waals surface area contributed by atoms with Gasteiger partial charge in [-0.25, -0.2) is 4.98 Å².